The van der Waals surface area contributed by atoms with E-state index in [-0.39, 0.29) is 12.2 Å². The molecule has 112 valence electrons. The molecule has 21 heavy (non-hydrogen) atoms. The Balaban J connectivity index is 2.02. The van der Waals surface area contributed by atoms with Crippen LogP contribution in [0.5, 0.6) is 0 Å². The maximum Gasteiger partial charge on any atom is 0.328 e. The zero-order valence-corrected chi connectivity index (χ0v) is 12.7. The minimum Gasteiger partial charge on any atom is -0.478 e. The summed E-state index contributed by atoms with van der Waals surface area (Å²) in [5, 5.41) is 10.8. The van der Waals surface area contributed by atoms with Gasteiger partial charge in [0.05, 0.1) is 17.9 Å². The Labute approximate surface area is 126 Å². The lowest BCUT2D eigenvalue weighted by molar-refractivity contribution is -0.131. The summed E-state index contributed by atoms with van der Waals surface area (Å²) in [6.45, 7) is 5.58. The van der Waals surface area contributed by atoms with Crippen molar-refractivity contribution in [1.82, 2.24) is 9.38 Å². The lowest BCUT2D eigenvalue weighted by Gasteiger charge is -2.35. The first-order chi connectivity index (χ1) is 10.0. The van der Waals surface area contributed by atoms with Gasteiger partial charge in [0.25, 0.3) is 0 Å². The molecule has 1 aliphatic rings. The van der Waals surface area contributed by atoms with Gasteiger partial charge in [0.2, 0.25) is 0 Å². The summed E-state index contributed by atoms with van der Waals surface area (Å²) in [7, 11) is 0. The molecule has 0 bridgehead atoms. The number of rotatable bonds is 3. The normalized spacial score (nSPS) is 23.2. The minimum atomic E-state index is -0.963. The van der Waals surface area contributed by atoms with Gasteiger partial charge in [-0.15, -0.1) is 11.3 Å². The van der Waals surface area contributed by atoms with Gasteiger partial charge in [-0.05, 0) is 19.9 Å². The first kappa shape index (κ1) is 14.1. The van der Waals surface area contributed by atoms with Crippen molar-refractivity contribution < 1.29 is 14.6 Å². The van der Waals surface area contributed by atoms with Crippen molar-refractivity contribution in [3.63, 3.8) is 0 Å². The number of aliphatic carboxylic acids is 1. The van der Waals surface area contributed by atoms with Crippen molar-refractivity contribution in [2.24, 2.45) is 0 Å². The number of carboxylic acids is 1. The molecule has 1 aliphatic heterocycles. The zero-order valence-electron chi connectivity index (χ0n) is 11.9. The topological polar surface area (TPSA) is 67.1 Å². The summed E-state index contributed by atoms with van der Waals surface area (Å²) < 4.78 is 7.67. The molecule has 2 atom stereocenters. The number of carbonyl (C=O) groups is 1. The molecule has 0 spiro atoms. The van der Waals surface area contributed by atoms with Crippen molar-refractivity contribution in [2.45, 2.75) is 26.1 Å². The average Bonchev–Trinajstić information content (AvgIpc) is 2.95. The SMILES string of the molecule is CC1CN(c2nc3sccn3c2/C=C/C(=O)O)CC(C)O1. The molecule has 2 aromatic heterocycles. The van der Waals surface area contributed by atoms with E-state index in [1.165, 1.54) is 11.3 Å². The summed E-state index contributed by atoms with van der Waals surface area (Å²) in [5.74, 6) is -0.142. The van der Waals surface area contributed by atoms with Crippen LogP contribution in [0.15, 0.2) is 17.7 Å². The number of carboxylic acid groups (broad SMARTS) is 1. The Morgan fingerprint density at radius 3 is 2.86 bits per heavy atom. The molecule has 0 saturated carbocycles. The number of anilines is 1. The molecule has 3 heterocycles. The molecular formula is C14H17N3O3S. The minimum absolute atomic E-state index is 0.129. The number of fused-ring (bicyclic) bond motifs is 1. The van der Waals surface area contributed by atoms with E-state index in [1.54, 1.807) is 6.08 Å². The van der Waals surface area contributed by atoms with Crippen LogP contribution in [-0.4, -0.2) is 45.8 Å². The van der Waals surface area contributed by atoms with E-state index < -0.39 is 5.97 Å². The van der Waals surface area contributed by atoms with E-state index in [1.807, 2.05) is 29.8 Å². The molecule has 2 aromatic rings. The van der Waals surface area contributed by atoms with Crippen LogP contribution in [0.25, 0.3) is 11.0 Å². The summed E-state index contributed by atoms with van der Waals surface area (Å²) in [6, 6.07) is 0. The molecule has 0 aromatic carbocycles. The molecule has 1 fully saturated rings. The monoisotopic (exact) mass is 307 g/mol. The highest BCUT2D eigenvalue weighted by Crippen LogP contribution is 2.28. The number of hydrogen-bond donors (Lipinski definition) is 1. The molecule has 7 heteroatoms. The van der Waals surface area contributed by atoms with E-state index in [4.69, 9.17) is 9.84 Å². The zero-order chi connectivity index (χ0) is 15.0. The second-order valence-corrected chi connectivity index (χ2v) is 6.08. The molecule has 0 radical (unpaired) electrons. The number of imidazole rings is 1. The quantitative estimate of drug-likeness (QED) is 0.880. The van der Waals surface area contributed by atoms with Crippen LogP contribution in [0.4, 0.5) is 5.82 Å². The third-order valence-electron chi connectivity index (χ3n) is 3.38. The van der Waals surface area contributed by atoms with Gasteiger partial charge in [-0.2, -0.15) is 0 Å². The van der Waals surface area contributed by atoms with E-state index in [0.29, 0.717) is 0 Å². The van der Waals surface area contributed by atoms with E-state index in [0.717, 1.165) is 35.6 Å². The largest absolute Gasteiger partial charge is 0.478 e. The molecule has 1 saturated heterocycles. The third-order valence-corrected chi connectivity index (χ3v) is 4.14. The second kappa shape index (κ2) is 5.50. The van der Waals surface area contributed by atoms with Crippen molar-refractivity contribution in [3.8, 4) is 0 Å². The van der Waals surface area contributed by atoms with Gasteiger partial charge in [-0.1, -0.05) is 0 Å². The van der Waals surface area contributed by atoms with Crippen LogP contribution in [0.3, 0.4) is 0 Å². The lowest BCUT2D eigenvalue weighted by Crippen LogP contribution is -2.45. The Bertz CT molecular complexity index is 681. The molecule has 3 rings (SSSR count). The number of thiazole rings is 1. The van der Waals surface area contributed by atoms with Gasteiger partial charge < -0.3 is 14.7 Å². The van der Waals surface area contributed by atoms with E-state index >= 15 is 0 Å². The van der Waals surface area contributed by atoms with Crippen molar-refractivity contribution in [3.05, 3.63) is 23.3 Å². The summed E-state index contributed by atoms with van der Waals surface area (Å²) in [5.41, 5.74) is 0.801. The Morgan fingerprint density at radius 2 is 2.19 bits per heavy atom. The van der Waals surface area contributed by atoms with E-state index in [2.05, 4.69) is 9.88 Å². The highest BCUT2D eigenvalue weighted by molar-refractivity contribution is 7.15. The lowest BCUT2D eigenvalue weighted by atomic mass is 10.2. The molecule has 0 aliphatic carbocycles. The first-order valence-corrected chi connectivity index (χ1v) is 7.69. The number of morpholine rings is 1. The molecule has 0 amide bonds. The summed E-state index contributed by atoms with van der Waals surface area (Å²) >= 11 is 1.53. The molecule has 6 nitrogen and oxygen atoms in total. The van der Waals surface area contributed by atoms with Crippen molar-refractivity contribution in [1.29, 1.82) is 0 Å². The second-order valence-electron chi connectivity index (χ2n) is 5.21. The average molecular weight is 307 g/mol. The predicted molar refractivity (Wildman–Crippen MR) is 82.0 cm³/mol. The highest BCUT2D eigenvalue weighted by atomic mass is 32.1. The van der Waals surface area contributed by atoms with Gasteiger partial charge in [-0.3, -0.25) is 4.40 Å². The van der Waals surface area contributed by atoms with Gasteiger partial charge in [-0.25, -0.2) is 9.78 Å². The Kier molecular flexibility index (Phi) is 3.69. The fraction of sp³-hybridized carbons (Fsp3) is 0.429. The number of nitrogens with zero attached hydrogens (tertiary/aromatic N) is 3. The number of ether oxygens (including phenoxy) is 1. The highest BCUT2D eigenvalue weighted by Gasteiger charge is 2.26. The van der Waals surface area contributed by atoms with Crippen LogP contribution in [0.2, 0.25) is 0 Å². The maximum atomic E-state index is 10.8. The van der Waals surface area contributed by atoms with Gasteiger partial charge >= 0.3 is 5.97 Å². The standard InChI is InChI=1S/C14H17N3O3S/c1-9-7-16(8-10(2)20-9)13-11(3-4-12(18)19)17-5-6-21-14(17)15-13/h3-6,9-10H,7-8H2,1-2H3,(H,18,19)/b4-3+. The van der Waals surface area contributed by atoms with Crippen LogP contribution in [0, 0.1) is 0 Å². The summed E-state index contributed by atoms with van der Waals surface area (Å²) in [6.07, 6.45) is 4.92. The fourth-order valence-electron chi connectivity index (χ4n) is 2.68. The fourth-order valence-corrected chi connectivity index (χ4v) is 3.40. The van der Waals surface area contributed by atoms with Crippen LogP contribution in [0.1, 0.15) is 19.5 Å². The molecule has 1 N–H and O–H groups in total. The Morgan fingerprint density at radius 1 is 1.48 bits per heavy atom. The van der Waals surface area contributed by atoms with Crippen molar-refractivity contribution in [2.75, 3.05) is 18.0 Å². The smallest absolute Gasteiger partial charge is 0.328 e. The van der Waals surface area contributed by atoms with Crippen LogP contribution >= 0.6 is 11.3 Å². The van der Waals surface area contributed by atoms with Gasteiger partial charge in [0, 0.05) is 30.7 Å². The molecule has 2 unspecified atom stereocenters. The first-order valence-electron chi connectivity index (χ1n) is 6.81. The van der Waals surface area contributed by atoms with Gasteiger partial charge in [0.15, 0.2) is 10.8 Å². The van der Waals surface area contributed by atoms with Crippen LogP contribution in [-0.2, 0) is 9.53 Å². The van der Waals surface area contributed by atoms with Crippen molar-refractivity contribution >= 4 is 34.2 Å². The number of hydrogen-bond acceptors (Lipinski definition) is 5. The van der Waals surface area contributed by atoms with Crippen LogP contribution < -0.4 is 4.90 Å². The predicted octanol–water partition coefficient (Wildman–Crippen LogP) is 2.11. The Hall–Kier alpha value is -1.86. The maximum absolute atomic E-state index is 10.8. The van der Waals surface area contributed by atoms with E-state index in [9.17, 15) is 4.79 Å². The summed E-state index contributed by atoms with van der Waals surface area (Å²) in [4.78, 5) is 18.5. The third kappa shape index (κ3) is 2.79. The molecular weight excluding hydrogens is 290 g/mol. The van der Waals surface area contributed by atoms with Gasteiger partial charge in [0.1, 0.15) is 0 Å². The number of aromatic nitrogens is 2.